The van der Waals surface area contributed by atoms with E-state index in [0.29, 0.717) is 0 Å². The highest BCUT2D eigenvalue weighted by Gasteiger charge is 2.27. The van der Waals surface area contributed by atoms with Crippen LogP contribution in [0.15, 0.2) is 59.2 Å². The fourth-order valence-corrected chi connectivity index (χ4v) is 3.40. The zero-order valence-electron chi connectivity index (χ0n) is 13.1. The fraction of sp³-hybridized carbons (Fsp3) is 0.250. The Morgan fingerprint density at radius 2 is 1.48 bits per heavy atom. The molecule has 1 unspecified atom stereocenters. The molecule has 0 fully saturated rings. The highest BCUT2D eigenvalue weighted by atomic mass is 14.8. The molecule has 0 amide bonds. The summed E-state index contributed by atoms with van der Waals surface area (Å²) in [5, 5.41) is 0. The predicted octanol–water partition coefficient (Wildman–Crippen LogP) is 5.10. The third-order valence-electron chi connectivity index (χ3n) is 4.23. The minimum atomic E-state index is 0.285. The quantitative estimate of drug-likeness (QED) is 0.723. The molecule has 0 aromatic heterocycles. The number of allylic oxidation sites excluding steroid dienone is 1. The summed E-state index contributed by atoms with van der Waals surface area (Å²) in [6, 6.07) is 15.1. The number of aliphatic imine (C=N–C) groups is 1. The van der Waals surface area contributed by atoms with E-state index in [1.54, 1.807) is 0 Å². The van der Waals surface area contributed by atoms with Gasteiger partial charge in [-0.15, -0.1) is 0 Å². The third-order valence-corrected chi connectivity index (χ3v) is 4.23. The molecule has 1 aliphatic rings. The van der Waals surface area contributed by atoms with E-state index in [1.165, 1.54) is 39.1 Å². The molecule has 2 aromatic rings. The summed E-state index contributed by atoms with van der Waals surface area (Å²) in [4.78, 5) is 4.70. The Labute approximate surface area is 127 Å². The lowest BCUT2D eigenvalue weighted by Crippen LogP contribution is -2.14. The van der Waals surface area contributed by atoms with Gasteiger partial charge in [-0.25, -0.2) is 0 Å². The molecule has 0 N–H and O–H groups in total. The van der Waals surface area contributed by atoms with Crippen molar-refractivity contribution in [3.8, 4) is 0 Å². The zero-order chi connectivity index (χ0) is 15.0. The third kappa shape index (κ3) is 2.44. The standard InChI is InChI=1S/C20H21N/c1-13-10-14(2)18(15(3)11-13)19-16(4)12-21-20(19)17-8-6-5-7-9-17/h5-12,19H,1-4H3. The molecule has 0 aliphatic carbocycles. The molecular formula is C20H21N. The summed E-state index contributed by atoms with van der Waals surface area (Å²) in [5.74, 6) is 0.285. The van der Waals surface area contributed by atoms with E-state index in [0.717, 1.165) is 0 Å². The number of rotatable bonds is 2. The van der Waals surface area contributed by atoms with Crippen molar-refractivity contribution in [2.75, 3.05) is 0 Å². The van der Waals surface area contributed by atoms with Gasteiger partial charge in [0.2, 0.25) is 0 Å². The lowest BCUT2D eigenvalue weighted by atomic mass is 9.81. The predicted molar refractivity (Wildman–Crippen MR) is 90.1 cm³/mol. The lowest BCUT2D eigenvalue weighted by Gasteiger charge is -2.21. The van der Waals surface area contributed by atoms with E-state index < -0.39 is 0 Å². The fourth-order valence-electron chi connectivity index (χ4n) is 3.40. The van der Waals surface area contributed by atoms with Gasteiger partial charge in [0.1, 0.15) is 0 Å². The van der Waals surface area contributed by atoms with Crippen LogP contribution >= 0.6 is 0 Å². The first-order chi connectivity index (χ1) is 10.1. The molecule has 2 aromatic carbocycles. The second-order valence-corrected chi connectivity index (χ2v) is 6.00. The van der Waals surface area contributed by atoms with Gasteiger partial charge in [-0.3, -0.25) is 4.99 Å². The number of aryl methyl sites for hydroxylation is 3. The summed E-state index contributed by atoms with van der Waals surface area (Å²) >= 11 is 0. The molecule has 1 nitrogen and oxygen atoms in total. The van der Waals surface area contributed by atoms with E-state index in [1.807, 2.05) is 6.20 Å². The van der Waals surface area contributed by atoms with Crippen LogP contribution in [0.25, 0.3) is 0 Å². The van der Waals surface area contributed by atoms with Crippen LogP contribution in [0.1, 0.15) is 40.7 Å². The number of nitrogens with zero attached hydrogens (tertiary/aromatic N) is 1. The van der Waals surface area contributed by atoms with Gasteiger partial charge in [-0.2, -0.15) is 0 Å². The van der Waals surface area contributed by atoms with Gasteiger partial charge < -0.3 is 0 Å². The smallest absolute Gasteiger partial charge is 0.0592 e. The van der Waals surface area contributed by atoms with Crippen molar-refractivity contribution in [3.05, 3.63) is 82.1 Å². The summed E-state index contributed by atoms with van der Waals surface area (Å²) < 4.78 is 0. The van der Waals surface area contributed by atoms with Crippen LogP contribution in [-0.2, 0) is 0 Å². The van der Waals surface area contributed by atoms with Gasteiger partial charge >= 0.3 is 0 Å². The van der Waals surface area contributed by atoms with Gasteiger partial charge in [-0.05, 0) is 55.5 Å². The summed E-state index contributed by atoms with van der Waals surface area (Å²) in [6.07, 6.45) is 2.02. The average Bonchev–Trinajstić information content (AvgIpc) is 2.81. The number of hydrogen-bond donors (Lipinski definition) is 0. The van der Waals surface area contributed by atoms with Crippen molar-refractivity contribution in [2.24, 2.45) is 4.99 Å². The molecule has 0 saturated carbocycles. The summed E-state index contributed by atoms with van der Waals surface area (Å²) in [5.41, 5.74) is 9.16. The number of benzene rings is 2. The Morgan fingerprint density at radius 3 is 2.10 bits per heavy atom. The van der Waals surface area contributed by atoms with Crippen molar-refractivity contribution in [1.29, 1.82) is 0 Å². The maximum Gasteiger partial charge on any atom is 0.0592 e. The summed E-state index contributed by atoms with van der Waals surface area (Å²) in [7, 11) is 0. The molecule has 0 saturated heterocycles. The van der Waals surface area contributed by atoms with Crippen LogP contribution < -0.4 is 0 Å². The van der Waals surface area contributed by atoms with Gasteiger partial charge in [0, 0.05) is 12.1 Å². The van der Waals surface area contributed by atoms with Crippen LogP contribution in [0.4, 0.5) is 0 Å². The van der Waals surface area contributed by atoms with Crippen LogP contribution in [0.2, 0.25) is 0 Å². The second-order valence-electron chi connectivity index (χ2n) is 6.00. The molecule has 0 bridgehead atoms. The van der Waals surface area contributed by atoms with Gasteiger partial charge in [0.25, 0.3) is 0 Å². The minimum Gasteiger partial charge on any atom is -0.260 e. The van der Waals surface area contributed by atoms with Crippen molar-refractivity contribution >= 4 is 5.71 Å². The van der Waals surface area contributed by atoms with Gasteiger partial charge in [0.05, 0.1) is 5.71 Å². The molecule has 1 heterocycles. The highest BCUT2D eigenvalue weighted by Crippen LogP contribution is 2.37. The van der Waals surface area contributed by atoms with E-state index in [2.05, 4.69) is 70.2 Å². The second kappa shape index (κ2) is 5.33. The van der Waals surface area contributed by atoms with Crippen molar-refractivity contribution < 1.29 is 0 Å². The Balaban J connectivity index is 2.13. The molecule has 1 atom stereocenters. The van der Waals surface area contributed by atoms with E-state index in [-0.39, 0.29) is 5.92 Å². The van der Waals surface area contributed by atoms with E-state index in [9.17, 15) is 0 Å². The van der Waals surface area contributed by atoms with E-state index in [4.69, 9.17) is 4.99 Å². The van der Waals surface area contributed by atoms with Gasteiger partial charge in [-0.1, -0.05) is 48.0 Å². The van der Waals surface area contributed by atoms with Crippen molar-refractivity contribution in [1.82, 2.24) is 0 Å². The SMILES string of the molecule is CC1=CN=C(c2ccccc2)C1c1c(C)cc(C)cc1C. The lowest BCUT2D eigenvalue weighted by molar-refractivity contribution is 1.02. The van der Waals surface area contributed by atoms with Crippen molar-refractivity contribution in [2.45, 2.75) is 33.6 Å². The first kappa shape index (κ1) is 13.8. The summed E-state index contributed by atoms with van der Waals surface area (Å²) in [6.45, 7) is 8.77. The zero-order valence-corrected chi connectivity index (χ0v) is 13.1. The maximum atomic E-state index is 4.70. The first-order valence-electron chi connectivity index (χ1n) is 7.45. The normalized spacial score (nSPS) is 17.6. The van der Waals surface area contributed by atoms with Crippen LogP contribution in [0.3, 0.4) is 0 Å². The van der Waals surface area contributed by atoms with Crippen LogP contribution in [0.5, 0.6) is 0 Å². The molecule has 0 radical (unpaired) electrons. The van der Waals surface area contributed by atoms with Gasteiger partial charge in [0.15, 0.2) is 0 Å². The van der Waals surface area contributed by atoms with E-state index >= 15 is 0 Å². The monoisotopic (exact) mass is 275 g/mol. The minimum absolute atomic E-state index is 0.285. The molecule has 1 aliphatic heterocycles. The Bertz CT molecular complexity index is 713. The van der Waals surface area contributed by atoms with Crippen molar-refractivity contribution in [3.63, 3.8) is 0 Å². The molecule has 106 valence electrons. The molecular weight excluding hydrogens is 254 g/mol. The maximum absolute atomic E-state index is 4.70. The first-order valence-corrected chi connectivity index (χ1v) is 7.45. The Morgan fingerprint density at radius 1 is 0.857 bits per heavy atom. The molecule has 0 spiro atoms. The van der Waals surface area contributed by atoms with Crippen LogP contribution in [0, 0.1) is 20.8 Å². The van der Waals surface area contributed by atoms with Crippen LogP contribution in [-0.4, -0.2) is 5.71 Å². The average molecular weight is 275 g/mol. The topological polar surface area (TPSA) is 12.4 Å². The molecule has 21 heavy (non-hydrogen) atoms. The highest BCUT2D eigenvalue weighted by molar-refractivity contribution is 6.09. The molecule has 3 rings (SSSR count). The Hall–Kier alpha value is -2.15. The Kier molecular flexibility index (Phi) is 3.50. The number of hydrogen-bond acceptors (Lipinski definition) is 1. The largest absolute Gasteiger partial charge is 0.260 e. The molecule has 1 heteroatoms.